The van der Waals surface area contributed by atoms with Crippen LogP contribution in [0.15, 0.2) is 52.9 Å². The number of hydrogen-bond donors (Lipinski definition) is 1. The number of rotatable bonds is 8. The van der Waals surface area contributed by atoms with Crippen molar-refractivity contribution in [2.75, 3.05) is 5.32 Å². The number of nitrogens with zero attached hydrogens (tertiary/aromatic N) is 1. The van der Waals surface area contributed by atoms with E-state index in [0.29, 0.717) is 16.5 Å². The topological polar surface area (TPSA) is 121 Å². The Bertz CT molecular complexity index is 1120. The molecule has 0 fully saturated rings. The molecular formula is C22H22N2O7. The lowest BCUT2D eigenvalue weighted by Crippen LogP contribution is -2.30. The fourth-order valence-corrected chi connectivity index (χ4v) is 2.90. The summed E-state index contributed by atoms with van der Waals surface area (Å²) >= 11 is 0. The summed E-state index contributed by atoms with van der Waals surface area (Å²) in [6, 6.07) is 12.8. The van der Waals surface area contributed by atoms with Gasteiger partial charge in [-0.25, -0.2) is 4.79 Å². The van der Waals surface area contributed by atoms with Gasteiger partial charge >= 0.3 is 5.97 Å². The Kier molecular flexibility index (Phi) is 6.66. The lowest BCUT2D eigenvalue weighted by atomic mass is 10.1. The molecule has 3 rings (SSSR count). The van der Waals surface area contributed by atoms with Gasteiger partial charge in [0.1, 0.15) is 11.3 Å². The molecule has 0 aliphatic heterocycles. The van der Waals surface area contributed by atoms with Crippen molar-refractivity contribution >= 4 is 34.2 Å². The van der Waals surface area contributed by atoms with Gasteiger partial charge in [0.25, 0.3) is 11.6 Å². The van der Waals surface area contributed by atoms with Crippen molar-refractivity contribution in [3.05, 3.63) is 70.0 Å². The minimum atomic E-state index is -1.22. The van der Waals surface area contributed by atoms with Crippen molar-refractivity contribution in [2.24, 2.45) is 0 Å². The van der Waals surface area contributed by atoms with Gasteiger partial charge in [-0.3, -0.25) is 14.9 Å². The van der Waals surface area contributed by atoms with Gasteiger partial charge in [0.15, 0.2) is 6.10 Å². The van der Waals surface area contributed by atoms with Gasteiger partial charge in [-0.05, 0) is 32.9 Å². The number of furan rings is 1. The standard InChI is InChI=1S/C22H22N2O7/c1-13(2)29-12-16-15-8-4-7-11-19(15)31-20(16)22(26)30-14(3)21(25)23-17-9-5-6-10-18(17)24(27)28/h4-11,13-14H,12H2,1-3H3,(H,23,25). The van der Waals surface area contributed by atoms with Crippen LogP contribution in [-0.4, -0.2) is 29.0 Å². The van der Waals surface area contributed by atoms with E-state index in [1.165, 1.54) is 25.1 Å². The predicted molar refractivity (Wildman–Crippen MR) is 113 cm³/mol. The summed E-state index contributed by atoms with van der Waals surface area (Å²) < 4.78 is 16.6. The summed E-state index contributed by atoms with van der Waals surface area (Å²) in [4.78, 5) is 35.7. The number of esters is 1. The van der Waals surface area contributed by atoms with Crippen LogP contribution in [0.3, 0.4) is 0 Å². The number of fused-ring (bicyclic) bond motifs is 1. The van der Waals surface area contributed by atoms with E-state index in [4.69, 9.17) is 13.9 Å². The maximum Gasteiger partial charge on any atom is 0.375 e. The molecule has 0 radical (unpaired) electrons. The molecule has 2 aromatic carbocycles. The van der Waals surface area contributed by atoms with Crippen molar-refractivity contribution in [3.63, 3.8) is 0 Å². The summed E-state index contributed by atoms with van der Waals surface area (Å²) in [5.41, 5.74) is 0.768. The largest absolute Gasteiger partial charge is 0.449 e. The second-order valence-electron chi connectivity index (χ2n) is 7.08. The smallest absolute Gasteiger partial charge is 0.375 e. The lowest BCUT2D eigenvalue weighted by molar-refractivity contribution is -0.383. The highest BCUT2D eigenvalue weighted by molar-refractivity contribution is 6.00. The second kappa shape index (κ2) is 9.40. The Morgan fingerprint density at radius 2 is 1.77 bits per heavy atom. The zero-order chi connectivity index (χ0) is 22.5. The van der Waals surface area contributed by atoms with Crippen molar-refractivity contribution in [1.82, 2.24) is 0 Å². The first-order valence-electron chi connectivity index (χ1n) is 9.65. The predicted octanol–water partition coefficient (Wildman–Crippen LogP) is 4.45. The number of hydrogen-bond acceptors (Lipinski definition) is 7. The Morgan fingerprint density at radius 1 is 1.10 bits per heavy atom. The Labute approximate surface area is 178 Å². The molecule has 1 heterocycles. The van der Waals surface area contributed by atoms with Gasteiger partial charge in [-0.15, -0.1) is 0 Å². The molecule has 0 saturated carbocycles. The number of nitro benzene ring substituents is 1. The van der Waals surface area contributed by atoms with Gasteiger partial charge < -0.3 is 19.2 Å². The number of nitrogens with one attached hydrogen (secondary N) is 1. The summed E-state index contributed by atoms with van der Waals surface area (Å²) in [6.07, 6.45) is -1.29. The molecule has 0 aliphatic carbocycles. The highest BCUT2D eigenvalue weighted by atomic mass is 16.6. The Morgan fingerprint density at radius 3 is 2.48 bits per heavy atom. The third-order valence-electron chi connectivity index (χ3n) is 4.46. The Hall–Kier alpha value is -3.72. The summed E-state index contributed by atoms with van der Waals surface area (Å²) in [6.45, 7) is 5.25. The van der Waals surface area contributed by atoms with Gasteiger partial charge in [0.05, 0.1) is 17.6 Å². The van der Waals surface area contributed by atoms with Crippen LogP contribution in [0, 0.1) is 10.1 Å². The Balaban J connectivity index is 1.78. The van der Waals surface area contributed by atoms with E-state index in [1.54, 1.807) is 24.3 Å². The maximum absolute atomic E-state index is 12.8. The van der Waals surface area contributed by atoms with Crippen molar-refractivity contribution in [1.29, 1.82) is 0 Å². The van der Waals surface area contributed by atoms with Crippen molar-refractivity contribution in [2.45, 2.75) is 39.6 Å². The summed E-state index contributed by atoms with van der Waals surface area (Å²) in [7, 11) is 0. The lowest BCUT2D eigenvalue weighted by Gasteiger charge is -2.13. The van der Waals surface area contributed by atoms with Crippen LogP contribution < -0.4 is 5.32 Å². The molecule has 1 N–H and O–H groups in total. The number of carbonyl (C=O) groups is 2. The van der Waals surface area contributed by atoms with E-state index in [0.717, 1.165) is 0 Å². The van der Waals surface area contributed by atoms with Crippen LogP contribution in [0.1, 0.15) is 36.9 Å². The average molecular weight is 426 g/mol. The third-order valence-corrected chi connectivity index (χ3v) is 4.46. The fourth-order valence-electron chi connectivity index (χ4n) is 2.90. The normalized spacial score (nSPS) is 12.0. The molecule has 1 aromatic heterocycles. The molecule has 0 spiro atoms. The van der Waals surface area contributed by atoms with Crippen LogP contribution in [0.4, 0.5) is 11.4 Å². The number of carbonyl (C=O) groups excluding carboxylic acids is 2. The molecule has 0 saturated heterocycles. The third kappa shape index (κ3) is 5.07. The zero-order valence-electron chi connectivity index (χ0n) is 17.3. The average Bonchev–Trinajstić information content (AvgIpc) is 3.11. The van der Waals surface area contributed by atoms with Gasteiger partial charge in [-0.1, -0.05) is 30.3 Å². The molecular weight excluding hydrogens is 404 g/mol. The van der Waals surface area contributed by atoms with Crippen LogP contribution in [0.5, 0.6) is 0 Å². The fraction of sp³-hybridized carbons (Fsp3) is 0.273. The molecule has 9 heteroatoms. The minimum Gasteiger partial charge on any atom is -0.449 e. The van der Waals surface area contributed by atoms with Crippen LogP contribution in [0.25, 0.3) is 11.0 Å². The first kappa shape index (κ1) is 22.0. The van der Waals surface area contributed by atoms with E-state index in [9.17, 15) is 19.7 Å². The SMILES string of the molecule is CC(C)OCc1c(C(=O)OC(C)C(=O)Nc2ccccc2[N+](=O)[O-])oc2ccccc12. The second-order valence-corrected chi connectivity index (χ2v) is 7.08. The van der Waals surface area contributed by atoms with E-state index < -0.39 is 22.9 Å². The number of para-hydroxylation sites is 3. The molecule has 3 aromatic rings. The highest BCUT2D eigenvalue weighted by Crippen LogP contribution is 2.28. The van der Waals surface area contributed by atoms with Crippen LogP contribution in [0.2, 0.25) is 0 Å². The monoisotopic (exact) mass is 426 g/mol. The minimum absolute atomic E-state index is 0.00941. The zero-order valence-corrected chi connectivity index (χ0v) is 17.3. The molecule has 0 bridgehead atoms. The quantitative estimate of drug-likeness (QED) is 0.321. The van der Waals surface area contributed by atoms with Crippen molar-refractivity contribution in [3.8, 4) is 0 Å². The molecule has 1 unspecified atom stereocenters. The summed E-state index contributed by atoms with van der Waals surface area (Å²) in [5, 5.41) is 14.2. The molecule has 162 valence electrons. The van der Waals surface area contributed by atoms with Gasteiger partial charge in [0.2, 0.25) is 5.76 Å². The number of nitro groups is 1. The number of benzene rings is 2. The molecule has 31 heavy (non-hydrogen) atoms. The van der Waals surface area contributed by atoms with E-state index >= 15 is 0 Å². The first-order chi connectivity index (χ1) is 14.8. The summed E-state index contributed by atoms with van der Waals surface area (Å²) in [5.74, 6) is -1.59. The van der Waals surface area contributed by atoms with E-state index in [2.05, 4.69) is 5.32 Å². The highest BCUT2D eigenvalue weighted by Gasteiger charge is 2.27. The molecule has 1 atom stereocenters. The first-order valence-corrected chi connectivity index (χ1v) is 9.65. The molecule has 0 aliphatic rings. The van der Waals surface area contributed by atoms with E-state index in [1.807, 2.05) is 19.9 Å². The number of ether oxygens (including phenoxy) is 2. The van der Waals surface area contributed by atoms with E-state index in [-0.39, 0.29) is 29.8 Å². The molecule has 1 amide bonds. The van der Waals surface area contributed by atoms with Gasteiger partial charge in [0, 0.05) is 17.0 Å². The molecule has 9 nitrogen and oxygen atoms in total. The maximum atomic E-state index is 12.8. The van der Waals surface area contributed by atoms with Crippen molar-refractivity contribution < 1.29 is 28.4 Å². The van der Waals surface area contributed by atoms with Gasteiger partial charge in [-0.2, -0.15) is 0 Å². The number of anilines is 1. The van der Waals surface area contributed by atoms with Crippen LogP contribution >= 0.6 is 0 Å². The number of amides is 1. The van der Waals surface area contributed by atoms with Crippen LogP contribution in [-0.2, 0) is 20.9 Å².